The molecule has 0 spiro atoms. The average molecular weight is 852 g/mol. The van der Waals surface area contributed by atoms with Gasteiger partial charge in [0, 0.05) is 0 Å². The Hall–Kier alpha value is -1.63. The van der Waals surface area contributed by atoms with Crippen LogP contribution in [0.3, 0.4) is 0 Å². The third-order valence-electron chi connectivity index (χ3n) is 11.8. The Morgan fingerprint density at radius 2 is 0.983 bits per heavy atom. The van der Waals surface area contributed by atoms with E-state index in [1.54, 1.807) is 6.08 Å². The maximum Gasteiger partial charge on any atom is 0.249 e. The van der Waals surface area contributed by atoms with Gasteiger partial charge in [-0.3, -0.25) is 4.79 Å². The number of allylic oxidation sites excluding steroid dienone is 5. The second-order valence-electron chi connectivity index (χ2n) is 17.4. The molecular weight excluding hydrogens is 759 g/mol. The van der Waals surface area contributed by atoms with E-state index in [9.17, 15) is 35.4 Å². The van der Waals surface area contributed by atoms with E-state index in [1.165, 1.54) is 141 Å². The van der Waals surface area contributed by atoms with Crippen LogP contribution in [0.1, 0.15) is 213 Å². The molecule has 0 radical (unpaired) electrons. The summed E-state index contributed by atoms with van der Waals surface area (Å²) in [6.45, 7) is 3.58. The van der Waals surface area contributed by atoms with Crippen LogP contribution in [0.4, 0.5) is 0 Å². The van der Waals surface area contributed by atoms with Crippen molar-refractivity contribution in [1.29, 1.82) is 0 Å². The monoisotopic (exact) mass is 852 g/mol. The van der Waals surface area contributed by atoms with Gasteiger partial charge in [0.25, 0.3) is 0 Å². The number of hydrogen-bond acceptors (Lipinski definition) is 9. The lowest BCUT2D eigenvalue weighted by Crippen LogP contribution is -2.60. The predicted molar refractivity (Wildman–Crippen MR) is 246 cm³/mol. The van der Waals surface area contributed by atoms with Gasteiger partial charge in [-0.2, -0.15) is 0 Å². The second kappa shape index (κ2) is 40.2. The Labute approximate surface area is 366 Å². The molecule has 60 heavy (non-hydrogen) atoms. The summed E-state index contributed by atoms with van der Waals surface area (Å²) >= 11 is 0. The SMILES string of the molecule is CCCCCCCCC/C=C/CC/C=C/C(O)C(COC1OC(CO)C(O)C(O)C1O)NC(=O)C(O)CCCCCCCC/C=C\CCCCCCCCCCCCCC. The van der Waals surface area contributed by atoms with E-state index < -0.39 is 61.5 Å². The van der Waals surface area contributed by atoms with E-state index in [4.69, 9.17) is 9.47 Å². The second-order valence-corrected chi connectivity index (χ2v) is 17.4. The number of carbonyl (C=O) groups excluding carboxylic acids is 1. The molecule has 0 bridgehead atoms. The molecular formula is C50H93NO9. The van der Waals surface area contributed by atoms with Crippen LogP contribution < -0.4 is 5.32 Å². The summed E-state index contributed by atoms with van der Waals surface area (Å²) in [6.07, 6.45) is 39.5. The molecule has 0 aromatic rings. The van der Waals surface area contributed by atoms with E-state index in [1.807, 2.05) is 6.08 Å². The smallest absolute Gasteiger partial charge is 0.249 e. The molecule has 8 unspecified atom stereocenters. The Morgan fingerprint density at radius 1 is 0.567 bits per heavy atom. The first-order valence-corrected chi connectivity index (χ1v) is 24.8. The van der Waals surface area contributed by atoms with Gasteiger partial charge in [-0.25, -0.2) is 0 Å². The van der Waals surface area contributed by atoms with Gasteiger partial charge < -0.3 is 45.4 Å². The van der Waals surface area contributed by atoms with Crippen molar-refractivity contribution in [2.45, 2.75) is 262 Å². The van der Waals surface area contributed by atoms with Crippen molar-refractivity contribution < 1.29 is 44.9 Å². The molecule has 0 aromatic heterocycles. The molecule has 1 saturated heterocycles. The van der Waals surface area contributed by atoms with Gasteiger partial charge >= 0.3 is 0 Å². The number of amides is 1. The molecule has 7 N–H and O–H groups in total. The van der Waals surface area contributed by atoms with Crippen LogP contribution in [0.25, 0.3) is 0 Å². The molecule has 1 fully saturated rings. The molecule has 0 aromatic carbocycles. The van der Waals surface area contributed by atoms with Gasteiger partial charge in [0.15, 0.2) is 6.29 Å². The van der Waals surface area contributed by atoms with E-state index in [2.05, 4.69) is 43.5 Å². The standard InChI is InChI=1S/C50H93NO9/c1-3-5-7-9-11-13-15-17-18-19-20-21-22-23-24-25-27-29-31-33-35-37-39-44(54)49(58)51-42(41-59-50-48(57)47(56)46(55)45(40-52)60-50)43(53)38-36-34-32-30-28-26-16-14-12-10-8-6-4-2/h23-24,28,30,36,38,42-48,50,52-57H,3-22,25-27,29,31-35,37,39-41H2,1-2H3,(H,51,58)/b24-23-,30-28+,38-36+. The molecule has 10 nitrogen and oxygen atoms in total. The summed E-state index contributed by atoms with van der Waals surface area (Å²) in [5, 5.41) is 64.7. The van der Waals surface area contributed by atoms with Crippen molar-refractivity contribution in [3.05, 3.63) is 36.5 Å². The minimum absolute atomic E-state index is 0.297. The zero-order valence-corrected chi connectivity index (χ0v) is 38.3. The first-order chi connectivity index (χ1) is 29.3. The molecule has 1 aliphatic heterocycles. The first-order valence-electron chi connectivity index (χ1n) is 24.8. The van der Waals surface area contributed by atoms with Crippen molar-refractivity contribution in [2.24, 2.45) is 0 Å². The Bertz CT molecular complexity index is 1050. The van der Waals surface area contributed by atoms with Crippen LogP contribution in [0.15, 0.2) is 36.5 Å². The van der Waals surface area contributed by atoms with E-state index in [0.29, 0.717) is 19.3 Å². The van der Waals surface area contributed by atoms with Crippen molar-refractivity contribution >= 4 is 5.91 Å². The van der Waals surface area contributed by atoms with Gasteiger partial charge in [0.2, 0.25) is 5.91 Å². The van der Waals surface area contributed by atoms with Crippen molar-refractivity contribution in [2.75, 3.05) is 13.2 Å². The van der Waals surface area contributed by atoms with Crippen LogP contribution in [-0.4, -0.2) is 98.7 Å². The van der Waals surface area contributed by atoms with Crippen molar-refractivity contribution in [3.63, 3.8) is 0 Å². The fourth-order valence-corrected chi connectivity index (χ4v) is 7.70. The maximum absolute atomic E-state index is 13.0. The quantitative estimate of drug-likeness (QED) is 0.0234. The Morgan fingerprint density at radius 3 is 1.45 bits per heavy atom. The number of ether oxygens (including phenoxy) is 2. The largest absolute Gasteiger partial charge is 0.394 e. The van der Waals surface area contributed by atoms with Gasteiger partial charge in [-0.1, -0.05) is 192 Å². The zero-order valence-electron chi connectivity index (χ0n) is 38.3. The average Bonchev–Trinajstić information content (AvgIpc) is 3.25. The fraction of sp³-hybridized carbons (Fsp3) is 0.860. The number of carbonyl (C=O) groups is 1. The summed E-state index contributed by atoms with van der Waals surface area (Å²) in [7, 11) is 0. The first kappa shape index (κ1) is 56.4. The number of nitrogens with one attached hydrogen (secondary N) is 1. The fourth-order valence-electron chi connectivity index (χ4n) is 7.70. The molecule has 0 saturated carbocycles. The molecule has 8 atom stereocenters. The molecule has 1 amide bonds. The molecule has 10 heteroatoms. The minimum atomic E-state index is -1.62. The minimum Gasteiger partial charge on any atom is -0.394 e. The van der Waals surface area contributed by atoms with Crippen molar-refractivity contribution in [1.82, 2.24) is 5.32 Å². The molecule has 0 aliphatic carbocycles. The van der Waals surface area contributed by atoms with Crippen LogP contribution in [0.2, 0.25) is 0 Å². The molecule has 1 rings (SSSR count). The summed E-state index contributed by atoms with van der Waals surface area (Å²) in [4.78, 5) is 13.0. The predicted octanol–water partition coefficient (Wildman–Crippen LogP) is 9.81. The number of rotatable bonds is 41. The normalized spacial score (nSPS) is 21.4. The summed E-state index contributed by atoms with van der Waals surface area (Å²) in [6, 6.07) is -0.998. The van der Waals surface area contributed by atoms with Gasteiger partial charge in [0.1, 0.15) is 30.5 Å². The van der Waals surface area contributed by atoms with Crippen LogP contribution >= 0.6 is 0 Å². The molecule has 1 aliphatic rings. The summed E-state index contributed by atoms with van der Waals surface area (Å²) < 4.78 is 11.1. The molecule has 352 valence electrons. The highest BCUT2D eigenvalue weighted by Crippen LogP contribution is 2.23. The highest BCUT2D eigenvalue weighted by atomic mass is 16.7. The number of aliphatic hydroxyl groups is 6. The number of hydrogen-bond donors (Lipinski definition) is 7. The van der Waals surface area contributed by atoms with E-state index in [-0.39, 0.29) is 6.61 Å². The van der Waals surface area contributed by atoms with Crippen molar-refractivity contribution in [3.8, 4) is 0 Å². The third kappa shape index (κ3) is 29.6. The van der Waals surface area contributed by atoms with Crippen LogP contribution in [0, 0.1) is 0 Å². The Kier molecular flexibility index (Phi) is 37.7. The van der Waals surface area contributed by atoms with Crippen LogP contribution in [0.5, 0.6) is 0 Å². The van der Waals surface area contributed by atoms with Crippen LogP contribution in [-0.2, 0) is 14.3 Å². The Balaban J connectivity index is 2.35. The summed E-state index contributed by atoms with van der Waals surface area (Å²) in [5.74, 6) is -0.631. The summed E-state index contributed by atoms with van der Waals surface area (Å²) in [5.41, 5.74) is 0. The lowest BCUT2D eigenvalue weighted by Gasteiger charge is -2.40. The van der Waals surface area contributed by atoms with Gasteiger partial charge in [-0.05, 0) is 57.8 Å². The zero-order chi connectivity index (χ0) is 43.9. The highest BCUT2D eigenvalue weighted by molar-refractivity contribution is 5.80. The van der Waals surface area contributed by atoms with Gasteiger partial charge in [-0.15, -0.1) is 0 Å². The number of aliphatic hydroxyl groups excluding tert-OH is 6. The number of unbranched alkanes of at least 4 members (excludes halogenated alkanes) is 26. The van der Waals surface area contributed by atoms with Gasteiger partial charge in [0.05, 0.1) is 25.4 Å². The maximum atomic E-state index is 13.0. The topological polar surface area (TPSA) is 169 Å². The lowest BCUT2D eigenvalue weighted by atomic mass is 9.99. The third-order valence-corrected chi connectivity index (χ3v) is 11.8. The lowest BCUT2D eigenvalue weighted by molar-refractivity contribution is -0.302. The molecule has 1 heterocycles. The van der Waals surface area contributed by atoms with E-state index >= 15 is 0 Å². The van der Waals surface area contributed by atoms with E-state index in [0.717, 1.165) is 38.5 Å². The highest BCUT2D eigenvalue weighted by Gasteiger charge is 2.44.